The summed E-state index contributed by atoms with van der Waals surface area (Å²) in [5.74, 6) is -0.120. The molecule has 0 fully saturated rings. The van der Waals surface area contributed by atoms with Gasteiger partial charge >= 0.3 is 5.97 Å². The largest absolute Gasteiger partial charge is 0.462 e. The molecule has 0 atom stereocenters. The van der Waals surface area contributed by atoms with E-state index >= 15 is 0 Å². The molecule has 0 unspecified atom stereocenters. The van der Waals surface area contributed by atoms with E-state index in [1.165, 1.54) is 32.1 Å². The van der Waals surface area contributed by atoms with E-state index in [0.29, 0.717) is 35.7 Å². The number of rotatable bonds is 11. The fraction of sp³-hybridized carbons (Fsp3) is 0.435. The second kappa shape index (κ2) is 10.0. The first-order valence-corrected chi connectivity index (χ1v) is 10.5. The van der Waals surface area contributed by atoms with Crippen molar-refractivity contribution in [1.29, 1.82) is 0 Å². The highest BCUT2D eigenvalue weighted by Gasteiger charge is 2.24. The van der Waals surface area contributed by atoms with Crippen molar-refractivity contribution in [1.82, 2.24) is 14.5 Å². The van der Waals surface area contributed by atoms with Gasteiger partial charge < -0.3 is 15.0 Å². The second-order valence-electron chi connectivity index (χ2n) is 7.30. The maximum absolute atomic E-state index is 12.8. The predicted molar refractivity (Wildman–Crippen MR) is 118 cm³/mol. The number of ether oxygens (including phenoxy) is 1. The quantitative estimate of drug-likeness (QED) is 0.272. The molecule has 0 saturated carbocycles. The van der Waals surface area contributed by atoms with Gasteiger partial charge in [0.1, 0.15) is 16.9 Å². The van der Waals surface area contributed by atoms with Crippen molar-refractivity contribution < 1.29 is 9.53 Å². The van der Waals surface area contributed by atoms with Gasteiger partial charge in [0, 0.05) is 6.54 Å². The van der Waals surface area contributed by atoms with Crippen LogP contribution in [0, 0.1) is 0 Å². The summed E-state index contributed by atoms with van der Waals surface area (Å²) in [6, 6.07) is 7.56. The van der Waals surface area contributed by atoms with Crippen LogP contribution in [0.15, 0.2) is 36.9 Å². The molecule has 0 amide bonds. The smallest absolute Gasteiger partial charge is 0.344 e. The molecule has 0 aliphatic heterocycles. The molecule has 0 spiro atoms. The van der Waals surface area contributed by atoms with E-state index in [2.05, 4.69) is 23.5 Å². The highest BCUT2D eigenvalue weighted by Crippen LogP contribution is 2.28. The van der Waals surface area contributed by atoms with Crippen molar-refractivity contribution >= 4 is 34.0 Å². The Morgan fingerprint density at radius 3 is 2.45 bits per heavy atom. The lowest BCUT2D eigenvalue weighted by molar-refractivity contribution is 0.0501. The van der Waals surface area contributed by atoms with Crippen molar-refractivity contribution in [2.45, 2.75) is 58.4 Å². The fourth-order valence-electron chi connectivity index (χ4n) is 3.53. The molecule has 154 valence electrons. The van der Waals surface area contributed by atoms with E-state index in [0.717, 1.165) is 23.9 Å². The summed E-state index contributed by atoms with van der Waals surface area (Å²) < 4.78 is 7.28. The summed E-state index contributed by atoms with van der Waals surface area (Å²) in [6.45, 7) is 6.82. The number of esters is 1. The van der Waals surface area contributed by atoms with Crippen LogP contribution in [-0.2, 0) is 11.3 Å². The maximum atomic E-state index is 12.8. The van der Waals surface area contributed by atoms with Crippen molar-refractivity contribution in [3.05, 3.63) is 42.5 Å². The number of carbonyl (C=O) groups is 1. The summed E-state index contributed by atoms with van der Waals surface area (Å²) in [4.78, 5) is 22.1. The number of carbonyl (C=O) groups excluding carboxylic acids is 1. The Kier molecular flexibility index (Phi) is 7.22. The van der Waals surface area contributed by atoms with Gasteiger partial charge in [-0.25, -0.2) is 14.8 Å². The minimum absolute atomic E-state index is 0.294. The van der Waals surface area contributed by atoms with Gasteiger partial charge in [-0.3, -0.25) is 0 Å². The summed E-state index contributed by atoms with van der Waals surface area (Å²) in [6.07, 6.45) is 9.88. The van der Waals surface area contributed by atoms with Gasteiger partial charge in [-0.15, -0.1) is 6.58 Å². The number of hydrogen-bond donors (Lipinski definition) is 1. The Morgan fingerprint density at radius 2 is 1.76 bits per heavy atom. The molecule has 0 aliphatic rings. The van der Waals surface area contributed by atoms with Gasteiger partial charge in [0.15, 0.2) is 5.65 Å². The van der Waals surface area contributed by atoms with E-state index in [1.54, 1.807) is 10.6 Å². The van der Waals surface area contributed by atoms with Crippen molar-refractivity contribution in [3.8, 4) is 0 Å². The number of anilines is 1. The van der Waals surface area contributed by atoms with Crippen LogP contribution in [-0.4, -0.2) is 27.1 Å². The molecular weight excluding hydrogens is 364 g/mol. The number of benzene rings is 1. The third kappa shape index (κ3) is 4.75. The first-order valence-electron chi connectivity index (χ1n) is 10.5. The molecule has 0 radical (unpaired) electrons. The third-order valence-electron chi connectivity index (χ3n) is 5.09. The number of para-hydroxylation sites is 2. The number of nitrogens with two attached hydrogens (primary N) is 1. The maximum Gasteiger partial charge on any atom is 0.344 e. The Balaban J connectivity index is 1.75. The van der Waals surface area contributed by atoms with Crippen LogP contribution < -0.4 is 5.73 Å². The highest BCUT2D eigenvalue weighted by atomic mass is 16.5. The Labute approximate surface area is 171 Å². The summed E-state index contributed by atoms with van der Waals surface area (Å²) in [5.41, 5.74) is 9.12. The number of hydrogen-bond acceptors (Lipinski definition) is 5. The molecule has 3 aromatic rings. The molecular formula is C23H30N4O2. The summed E-state index contributed by atoms with van der Waals surface area (Å²) >= 11 is 0. The first kappa shape index (κ1) is 20.8. The Morgan fingerprint density at radius 1 is 1.10 bits per heavy atom. The minimum Gasteiger partial charge on any atom is -0.462 e. The lowest BCUT2D eigenvalue weighted by Crippen LogP contribution is -2.10. The van der Waals surface area contributed by atoms with Crippen LogP contribution in [0.5, 0.6) is 0 Å². The number of allylic oxidation sites excluding steroid dienone is 1. The van der Waals surface area contributed by atoms with Gasteiger partial charge in [0.05, 0.1) is 17.6 Å². The van der Waals surface area contributed by atoms with Gasteiger partial charge in [0.25, 0.3) is 0 Å². The molecule has 6 heteroatoms. The lowest BCUT2D eigenvalue weighted by Gasteiger charge is -2.06. The second-order valence-corrected chi connectivity index (χ2v) is 7.30. The van der Waals surface area contributed by atoms with Gasteiger partial charge in [-0.1, -0.05) is 63.7 Å². The average molecular weight is 395 g/mol. The molecule has 0 saturated heterocycles. The molecule has 2 aromatic heterocycles. The molecule has 6 nitrogen and oxygen atoms in total. The molecule has 29 heavy (non-hydrogen) atoms. The first-order chi connectivity index (χ1) is 14.2. The number of fused-ring (bicyclic) bond motifs is 2. The van der Waals surface area contributed by atoms with Gasteiger partial charge in [-0.05, 0) is 18.6 Å². The molecule has 3 rings (SSSR count). The van der Waals surface area contributed by atoms with E-state index in [4.69, 9.17) is 10.5 Å². The zero-order valence-corrected chi connectivity index (χ0v) is 17.2. The van der Waals surface area contributed by atoms with E-state index < -0.39 is 5.97 Å². The van der Waals surface area contributed by atoms with Gasteiger partial charge in [0.2, 0.25) is 0 Å². The highest BCUT2D eigenvalue weighted by molar-refractivity contribution is 6.08. The van der Waals surface area contributed by atoms with Gasteiger partial charge in [-0.2, -0.15) is 0 Å². The van der Waals surface area contributed by atoms with Crippen LogP contribution in [0.2, 0.25) is 0 Å². The van der Waals surface area contributed by atoms with Crippen LogP contribution in [0.25, 0.3) is 22.2 Å². The molecule has 2 heterocycles. The zero-order chi connectivity index (χ0) is 20.6. The number of nitrogens with zero attached hydrogens (tertiary/aromatic N) is 3. The van der Waals surface area contributed by atoms with Crippen LogP contribution in [0.1, 0.15) is 62.2 Å². The van der Waals surface area contributed by atoms with Crippen LogP contribution >= 0.6 is 0 Å². The van der Waals surface area contributed by atoms with Crippen molar-refractivity contribution in [2.75, 3.05) is 12.3 Å². The molecule has 2 N–H and O–H groups in total. The monoisotopic (exact) mass is 394 g/mol. The fourth-order valence-corrected chi connectivity index (χ4v) is 3.53. The molecule has 0 bridgehead atoms. The van der Waals surface area contributed by atoms with Crippen LogP contribution in [0.4, 0.5) is 5.82 Å². The van der Waals surface area contributed by atoms with E-state index in [-0.39, 0.29) is 0 Å². The third-order valence-corrected chi connectivity index (χ3v) is 5.09. The minimum atomic E-state index is -0.439. The Bertz CT molecular complexity index is 993. The number of nitrogen functional groups attached to an aromatic ring is 1. The van der Waals surface area contributed by atoms with Crippen molar-refractivity contribution in [3.63, 3.8) is 0 Å². The normalized spacial score (nSPS) is 11.2. The van der Waals surface area contributed by atoms with Crippen LogP contribution in [0.3, 0.4) is 0 Å². The topological polar surface area (TPSA) is 83.0 Å². The van der Waals surface area contributed by atoms with E-state index in [1.807, 2.05) is 24.3 Å². The standard InChI is InChI=1S/C23H30N4O2/c1-3-5-6-7-8-9-12-16-29-23(28)19-20-22(27(15-4-2)21(19)24)26-18-14-11-10-13-17(18)25-20/h4,10-11,13-14H,2-3,5-9,12,15-16,24H2,1H3. The lowest BCUT2D eigenvalue weighted by atomic mass is 10.1. The Hall–Kier alpha value is -2.89. The SMILES string of the molecule is C=CCn1c(N)c(C(=O)OCCCCCCCCC)c2nc3ccccc3nc21. The number of aromatic nitrogens is 3. The summed E-state index contributed by atoms with van der Waals surface area (Å²) in [7, 11) is 0. The number of unbranched alkanes of at least 4 members (excludes halogenated alkanes) is 6. The molecule has 1 aromatic carbocycles. The molecule has 0 aliphatic carbocycles. The zero-order valence-electron chi connectivity index (χ0n) is 17.2. The predicted octanol–water partition coefficient (Wildman–Crippen LogP) is 5.26. The van der Waals surface area contributed by atoms with E-state index in [9.17, 15) is 4.79 Å². The summed E-state index contributed by atoms with van der Waals surface area (Å²) in [5, 5.41) is 0. The van der Waals surface area contributed by atoms with Crippen molar-refractivity contribution in [2.24, 2.45) is 0 Å². The average Bonchev–Trinajstić information content (AvgIpc) is 2.99.